The first-order chi connectivity index (χ1) is 26.8. The molecule has 2 heterocycles. The molecule has 0 atom stereocenters. The normalized spacial score (nSPS) is 12.1. The molecule has 10 aromatic carbocycles. The van der Waals surface area contributed by atoms with Crippen LogP contribution in [0.2, 0.25) is 0 Å². The molecule has 12 rings (SSSR count). The van der Waals surface area contributed by atoms with E-state index in [-0.39, 0.29) is 0 Å². The molecule has 0 aliphatic rings. The van der Waals surface area contributed by atoms with Gasteiger partial charge in [0.15, 0.2) is 0 Å². The highest BCUT2D eigenvalue weighted by atomic mass is 16.3. The Morgan fingerprint density at radius 1 is 0.241 bits per heavy atom. The number of hydrogen-bond donors (Lipinski definition) is 0. The van der Waals surface area contributed by atoms with E-state index < -0.39 is 0 Å². The van der Waals surface area contributed by atoms with E-state index >= 15 is 0 Å². The third kappa shape index (κ3) is 4.11. The number of furan rings is 2. The fourth-order valence-corrected chi connectivity index (χ4v) is 9.17. The van der Waals surface area contributed by atoms with Gasteiger partial charge >= 0.3 is 0 Å². The second-order valence-corrected chi connectivity index (χ2v) is 14.3. The number of hydrogen-bond acceptors (Lipinski definition) is 2. The molecule has 0 spiro atoms. The first kappa shape index (κ1) is 29.4. The number of fused-ring (bicyclic) bond motifs is 11. The molecule has 0 aliphatic heterocycles. The van der Waals surface area contributed by atoms with E-state index in [1.807, 2.05) is 12.1 Å². The fraction of sp³-hybridized carbons (Fsp3) is 0. The van der Waals surface area contributed by atoms with Gasteiger partial charge in [-0.3, -0.25) is 0 Å². The number of para-hydroxylation sites is 1. The molecule has 0 bridgehead atoms. The topological polar surface area (TPSA) is 26.3 Å². The largest absolute Gasteiger partial charge is 0.456 e. The maximum absolute atomic E-state index is 6.76. The summed E-state index contributed by atoms with van der Waals surface area (Å²) >= 11 is 0. The molecule has 12 aromatic rings. The summed E-state index contributed by atoms with van der Waals surface area (Å²) in [7, 11) is 0. The summed E-state index contributed by atoms with van der Waals surface area (Å²) in [6, 6.07) is 65.6. The summed E-state index contributed by atoms with van der Waals surface area (Å²) in [5, 5.41) is 14.2. The van der Waals surface area contributed by atoms with Crippen LogP contribution in [0.4, 0.5) is 0 Å². The van der Waals surface area contributed by atoms with Crippen molar-refractivity contribution in [1.82, 2.24) is 0 Å². The minimum absolute atomic E-state index is 0.865. The first-order valence-electron chi connectivity index (χ1n) is 18.5. The first-order valence-corrected chi connectivity index (χ1v) is 18.5. The molecule has 2 heteroatoms. The fourth-order valence-electron chi connectivity index (χ4n) is 9.17. The lowest BCUT2D eigenvalue weighted by molar-refractivity contribution is 0.664. The minimum atomic E-state index is 0.865. The smallest absolute Gasteiger partial charge is 0.136 e. The zero-order valence-electron chi connectivity index (χ0n) is 29.1. The average Bonchev–Trinajstić information content (AvgIpc) is 3.79. The molecule has 0 amide bonds. The molecule has 2 aromatic heterocycles. The monoisotopic (exact) mass is 686 g/mol. The van der Waals surface area contributed by atoms with E-state index in [2.05, 4.69) is 170 Å². The lowest BCUT2D eigenvalue weighted by atomic mass is 9.83. The maximum atomic E-state index is 6.76. The lowest BCUT2D eigenvalue weighted by Gasteiger charge is -2.20. The van der Waals surface area contributed by atoms with Crippen molar-refractivity contribution in [2.75, 3.05) is 0 Å². The molecule has 0 radical (unpaired) electrons. The van der Waals surface area contributed by atoms with Gasteiger partial charge in [-0.15, -0.1) is 0 Å². The molecular formula is C52H30O2. The van der Waals surface area contributed by atoms with Crippen LogP contribution in [0.1, 0.15) is 0 Å². The van der Waals surface area contributed by atoms with Crippen molar-refractivity contribution in [1.29, 1.82) is 0 Å². The van der Waals surface area contributed by atoms with Gasteiger partial charge < -0.3 is 8.83 Å². The van der Waals surface area contributed by atoms with Crippen molar-refractivity contribution in [2.45, 2.75) is 0 Å². The van der Waals surface area contributed by atoms with Crippen LogP contribution in [0, 0.1) is 0 Å². The summed E-state index contributed by atoms with van der Waals surface area (Å²) in [4.78, 5) is 0. The Hall–Kier alpha value is -7.16. The standard InChI is InChI=1S/C52H30O2/c1-2-14-31(15-3-1)50-38-21-8-10-23-40(38)51(41-24-11-9-22-39(41)50)42-27-26-35(32-16-4-5-17-33(32)42)43-28-49-52(37-20-7-6-18-34(37)43)45-30-47-44(29-48(45)54-49)36-19-12-13-25-46(36)53-47/h1-30H. The van der Waals surface area contributed by atoms with Crippen LogP contribution in [0.3, 0.4) is 0 Å². The SMILES string of the molecule is c1ccc(-c2c3ccccc3c(-c3ccc(-c4cc5oc6cc7c(cc6c5c5ccccc45)oc4ccccc47)c4ccccc34)c3ccccc23)cc1. The predicted molar refractivity (Wildman–Crippen MR) is 227 cm³/mol. The van der Waals surface area contributed by atoms with Gasteiger partial charge in [-0.05, 0) is 101 Å². The lowest BCUT2D eigenvalue weighted by Crippen LogP contribution is -1.92. The highest BCUT2D eigenvalue weighted by Crippen LogP contribution is 2.48. The Bertz CT molecular complexity index is 3430. The van der Waals surface area contributed by atoms with Crippen LogP contribution in [-0.2, 0) is 0 Å². The van der Waals surface area contributed by atoms with Gasteiger partial charge in [0.1, 0.15) is 22.3 Å². The van der Waals surface area contributed by atoms with Gasteiger partial charge in [0, 0.05) is 21.5 Å². The molecule has 0 saturated heterocycles. The van der Waals surface area contributed by atoms with E-state index in [4.69, 9.17) is 8.83 Å². The van der Waals surface area contributed by atoms with Gasteiger partial charge in [0.25, 0.3) is 0 Å². The second kappa shape index (κ2) is 11.2. The Balaban J connectivity index is 1.13. The van der Waals surface area contributed by atoms with Crippen molar-refractivity contribution in [2.24, 2.45) is 0 Å². The summed E-state index contributed by atoms with van der Waals surface area (Å²) in [6.45, 7) is 0. The van der Waals surface area contributed by atoms with E-state index in [0.717, 1.165) is 49.4 Å². The molecular weight excluding hydrogens is 657 g/mol. The number of rotatable bonds is 3. The predicted octanol–water partition coefficient (Wildman–Crippen LogP) is 15.1. The van der Waals surface area contributed by atoms with E-state index in [1.54, 1.807) is 0 Å². The molecule has 2 nitrogen and oxygen atoms in total. The average molecular weight is 687 g/mol. The molecule has 0 aliphatic carbocycles. The van der Waals surface area contributed by atoms with Crippen molar-refractivity contribution in [3.8, 4) is 33.4 Å². The molecule has 0 N–H and O–H groups in total. The van der Waals surface area contributed by atoms with Crippen LogP contribution < -0.4 is 0 Å². The van der Waals surface area contributed by atoms with Crippen molar-refractivity contribution >= 4 is 87.0 Å². The van der Waals surface area contributed by atoms with E-state index in [1.165, 1.54) is 70.9 Å². The van der Waals surface area contributed by atoms with E-state index in [0.29, 0.717) is 0 Å². The van der Waals surface area contributed by atoms with Gasteiger partial charge in [-0.1, -0.05) is 158 Å². The van der Waals surface area contributed by atoms with Gasteiger partial charge in [-0.2, -0.15) is 0 Å². The molecule has 0 unspecified atom stereocenters. The molecule has 0 fully saturated rings. The van der Waals surface area contributed by atoms with Crippen molar-refractivity contribution < 1.29 is 8.83 Å². The zero-order chi connectivity index (χ0) is 35.3. The maximum Gasteiger partial charge on any atom is 0.136 e. The van der Waals surface area contributed by atoms with Crippen molar-refractivity contribution in [3.63, 3.8) is 0 Å². The Morgan fingerprint density at radius 3 is 1.39 bits per heavy atom. The Kier molecular flexibility index (Phi) is 6.09. The molecule has 250 valence electrons. The summed E-state index contributed by atoms with van der Waals surface area (Å²) < 4.78 is 13.1. The van der Waals surface area contributed by atoms with Crippen molar-refractivity contribution in [3.05, 3.63) is 182 Å². The minimum Gasteiger partial charge on any atom is -0.456 e. The van der Waals surface area contributed by atoms with Crippen LogP contribution in [0.25, 0.3) is 120 Å². The second-order valence-electron chi connectivity index (χ2n) is 14.3. The highest BCUT2D eigenvalue weighted by Gasteiger charge is 2.21. The molecule has 0 saturated carbocycles. The van der Waals surface area contributed by atoms with E-state index in [9.17, 15) is 0 Å². The van der Waals surface area contributed by atoms with Crippen LogP contribution in [0.15, 0.2) is 191 Å². The van der Waals surface area contributed by atoms with Crippen LogP contribution in [0.5, 0.6) is 0 Å². The van der Waals surface area contributed by atoms with Crippen LogP contribution >= 0.6 is 0 Å². The summed E-state index contributed by atoms with van der Waals surface area (Å²) in [5.41, 5.74) is 10.8. The Labute approximate surface area is 310 Å². The number of benzene rings is 10. The van der Waals surface area contributed by atoms with Crippen LogP contribution in [-0.4, -0.2) is 0 Å². The highest BCUT2D eigenvalue weighted by molar-refractivity contribution is 6.27. The zero-order valence-corrected chi connectivity index (χ0v) is 29.1. The van der Waals surface area contributed by atoms with Gasteiger partial charge in [0.2, 0.25) is 0 Å². The van der Waals surface area contributed by atoms with Gasteiger partial charge in [0.05, 0.1) is 0 Å². The third-order valence-corrected chi connectivity index (χ3v) is 11.5. The summed E-state index contributed by atoms with van der Waals surface area (Å²) in [5.74, 6) is 0. The third-order valence-electron chi connectivity index (χ3n) is 11.5. The summed E-state index contributed by atoms with van der Waals surface area (Å²) in [6.07, 6.45) is 0. The molecule has 54 heavy (non-hydrogen) atoms. The quantitative estimate of drug-likeness (QED) is 0.173. The Morgan fingerprint density at radius 2 is 0.704 bits per heavy atom. The van der Waals surface area contributed by atoms with Gasteiger partial charge in [-0.25, -0.2) is 0 Å².